The smallest absolute Gasteiger partial charge is 0.235 e. The standard InChI is InChI=1S/2C43H24N4S2.C41H25N3S/c1-2-11-25(12-3-1)38-28-13-4-7-17-32(28)45-42(46-38)26-20-22-27(23-21-26)47-33-18-8-5-14-29(33)35-39(47)36-31-16-10-24-44-43(31)49-41(36)37-30-15-6-9-19-34(30)48-40(35)37;1-2-11-25(12-3-1)26-20-22-27(23-21-26)38-28-13-4-7-17-32(28)45-43(46-38)47-33-18-8-5-14-29(33)35-39(47)36-31-16-10-24-44-42(31)49-41(36)37-30-15-6-9-19-34(30)48-40(35)37;1-3-12-26(13-4-1)27-21-23-29(24-22-27)44-33-19-9-7-16-30(33)35-38-36(40-37(39(35)44)32-18-11-25-42-41(32)45-40)31-17-8-10-20-34(31)43(38)28-14-5-2-6-15-28/h2*1-24H;1-25H. The summed E-state index contributed by atoms with van der Waals surface area (Å²) in [6, 6.07) is 151. The Morgan fingerprint density at radius 1 is 0.175 bits per heavy atom. The van der Waals surface area contributed by atoms with Gasteiger partial charge in [0, 0.05) is 193 Å². The molecule has 0 N–H and O–H groups in total. The minimum atomic E-state index is 0.664. The zero-order chi connectivity index (χ0) is 93.6. The van der Waals surface area contributed by atoms with Gasteiger partial charge in [-0.25, -0.2) is 34.9 Å². The van der Waals surface area contributed by atoms with Crippen molar-refractivity contribution in [3.63, 3.8) is 0 Å². The van der Waals surface area contributed by atoms with Gasteiger partial charge in [0.05, 0.1) is 66.6 Å². The highest BCUT2D eigenvalue weighted by molar-refractivity contribution is 7.31. The third-order valence-electron chi connectivity index (χ3n) is 28.5. The van der Waals surface area contributed by atoms with Gasteiger partial charge in [-0.3, -0.25) is 4.57 Å². The van der Waals surface area contributed by atoms with E-state index < -0.39 is 0 Å². The summed E-state index contributed by atoms with van der Waals surface area (Å²) in [6.07, 6.45) is 5.72. The van der Waals surface area contributed by atoms with Gasteiger partial charge in [-0.1, -0.05) is 291 Å². The van der Waals surface area contributed by atoms with Crippen LogP contribution < -0.4 is 0 Å². The van der Waals surface area contributed by atoms with E-state index in [1.807, 2.05) is 59.5 Å². The lowest BCUT2D eigenvalue weighted by atomic mass is 10.0. The average molecular weight is 1910 g/mol. The highest BCUT2D eigenvalue weighted by Gasteiger charge is 2.32. The first-order valence-corrected chi connectivity index (χ1v) is 51.9. The molecule has 0 saturated heterocycles. The third kappa shape index (κ3) is 12.5. The van der Waals surface area contributed by atoms with E-state index in [2.05, 4.69) is 425 Å². The summed E-state index contributed by atoms with van der Waals surface area (Å²) < 4.78 is 18.8. The minimum absolute atomic E-state index is 0.664. The zero-order valence-electron chi connectivity index (χ0n) is 76.1. The molecule has 0 unspecified atom stereocenters. The van der Waals surface area contributed by atoms with Gasteiger partial charge in [-0.05, 0) is 156 Å². The molecule has 32 aromatic rings. The van der Waals surface area contributed by atoms with Gasteiger partial charge in [-0.2, -0.15) is 0 Å². The van der Waals surface area contributed by atoms with Gasteiger partial charge in [0.2, 0.25) is 5.95 Å². The molecule has 32 rings (SSSR count). The van der Waals surface area contributed by atoms with Crippen molar-refractivity contribution in [1.29, 1.82) is 0 Å². The normalized spacial score (nSPS) is 12.1. The molecule has 0 fully saturated rings. The molecule has 0 amide bonds. The quantitative estimate of drug-likeness (QED) is 0.142. The Morgan fingerprint density at radius 3 is 0.916 bits per heavy atom. The lowest BCUT2D eigenvalue weighted by molar-refractivity contribution is 1.02. The summed E-state index contributed by atoms with van der Waals surface area (Å²) in [5, 5.41) is 24.7. The topological polar surface area (TPSA) is 110 Å². The van der Waals surface area contributed by atoms with E-state index in [0.717, 1.165) is 104 Å². The van der Waals surface area contributed by atoms with Crippen molar-refractivity contribution >= 4 is 267 Å². The number of aromatic nitrogens is 11. The molecule has 16 heteroatoms. The first-order valence-electron chi connectivity index (χ1n) is 47.8. The van der Waals surface area contributed by atoms with Crippen LogP contribution in [0.2, 0.25) is 0 Å². The number of thiophene rings is 5. The number of benzene rings is 18. The lowest BCUT2D eigenvalue weighted by Crippen LogP contribution is -2.03. The Kier molecular flexibility index (Phi) is 18.5. The molecule has 666 valence electrons. The highest BCUT2D eigenvalue weighted by atomic mass is 32.1. The summed E-state index contributed by atoms with van der Waals surface area (Å²) in [4.78, 5) is 38.7. The molecule has 11 nitrogen and oxygen atoms in total. The maximum atomic E-state index is 5.45. The van der Waals surface area contributed by atoms with Gasteiger partial charge >= 0.3 is 0 Å². The van der Waals surface area contributed by atoms with Crippen molar-refractivity contribution in [1.82, 2.24) is 53.2 Å². The van der Waals surface area contributed by atoms with Crippen LogP contribution in [-0.4, -0.2) is 53.2 Å². The predicted octanol–water partition coefficient (Wildman–Crippen LogP) is 35.7. The molecule has 14 heterocycles. The van der Waals surface area contributed by atoms with E-state index in [-0.39, 0.29) is 0 Å². The highest BCUT2D eigenvalue weighted by Crippen LogP contribution is 2.57. The van der Waals surface area contributed by atoms with E-state index in [1.165, 1.54) is 180 Å². The van der Waals surface area contributed by atoms with E-state index >= 15 is 0 Å². The second-order valence-corrected chi connectivity index (χ2v) is 41.4. The second-order valence-electron chi connectivity index (χ2n) is 36.3. The van der Waals surface area contributed by atoms with Crippen LogP contribution in [0.3, 0.4) is 0 Å². The van der Waals surface area contributed by atoms with Crippen molar-refractivity contribution in [2.24, 2.45) is 0 Å². The van der Waals surface area contributed by atoms with E-state index in [1.54, 1.807) is 34.0 Å². The molecular weight excluding hydrogens is 1840 g/mol. The fourth-order valence-corrected chi connectivity index (χ4v) is 28.7. The molecule has 0 bridgehead atoms. The Hall–Kier alpha value is -17.6. The molecule has 0 radical (unpaired) electrons. The molecular formula is C127H73N11S5. The van der Waals surface area contributed by atoms with Crippen LogP contribution >= 0.6 is 56.7 Å². The van der Waals surface area contributed by atoms with Crippen LogP contribution in [0.15, 0.2) is 443 Å². The predicted molar refractivity (Wildman–Crippen MR) is 608 cm³/mol. The number of hydrogen-bond acceptors (Lipinski definition) is 12. The van der Waals surface area contributed by atoms with Crippen molar-refractivity contribution < 1.29 is 0 Å². The molecule has 0 spiro atoms. The van der Waals surface area contributed by atoms with Crippen LogP contribution in [0.25, 0.3) is 289 Å². The van der Waals surface area contributed by atoms with E-state index in [0.29, 0.717) is 5.95 Å². The molecule has 18 aromatic carbocycles. The fourth-order valence-electron chi connectivity index (χ4n) is 22.4. The van der Waals surface area contributed by atoms with Gasteiger partial charge in [0.15, 0.2) is 5.82 Å². The number of rotatable bonds is 9. The molecule has 0 aliphatic carbocycles. The first-order chi connectivity index (χ1) is 71.0. The Bertz CT molecular complexity index is 10800. The van der Waals surface area contributed by atoms with Crippen molar-refractivity contribution in [3.8, 4) is 79.2 Å². The largest absolute Gasteiger partial charge is 0.309 e. The number of fused-ring (bicyclic) bond motifs is 38. The maximum absolute atomic E-state index is 5.45. The summed E-state index contributed by atoms with van der Waals surface area (Å²) in [5.41, 5.74) is 24.6. The number of nitrogens with zero attached hydrogens (tertiary/aromatic N) is 11. The van der Waals surface area contributed by atoms with Crippen LogP contribution in [0.4, 0.5) is 0 Å². The zero-order valence-corrected chi connectivity index (χ0v) is 80.2. The van der Waals surface area contributed by atoms with E-state index in [9.17, 15) is 0 Å². The summed E-state index contributed by atoms with van der Waals surface area (Å²) in [5.74, 6) is 1.38. The summed E-state index contributed by atoms with van der Waals surface area (Å²) in [6.45, 7) is 0. The lowest BCUT2D eigenvalue weighted by Gasteiger charge is -2.13. The SMILES string of the molecule is c1ccc(-c2ccc(-c3nc(-n4c5ccccc5c5c6sc7ccccc7c6c6sc7ncccc7c6c54)nc4ccccc34)cc2)cc1.c1ccc(-c2ccc(-n3c4ccccc4c4c5c(c6ccccc6n5-c5ccccc5)c5sc6ncccc6c5c43)cc2)cc1.c1ccc(-c2nc(-c3ccc(-n4c5ccccc5c5c6sc7ccccc7c6c6sc7ncccc7c6c54)cc3)nc3ccccc23)cc1. The molecule has 0 atom stereocenters. The number of hydrogen-bond donors (Lipinski definition) is 0. The molecule has 0 aliphatic heterocycles. The number of pyridine rings is 3. The first kappa shape index (κ1) is 81.4. The molecule has 0 saturated carbocycles. The minimum Gasteiger partial charge on any atom is -0.309 e. The van der Waals surface area contributed by atoms with E-state index in [4.69, 9.17) is 34.9 Å². The fraction of sp³-hybridized carbons (Fsp3) is 0. The van der Waals surface area contributed by atoms with Crippen LogP contribution in [0.5, 0.6) is 0 Å². The molecule has 0 aliphatic rings. The van der Waals surface area contributed by atoms with Crippen LogP contribution in [0.1, 0.15) is 0 Å². The second kappa shape index (κ2) is 32.5. The van der Waals surface area contributed by atoms with Crippen molar-refractivity contribution in [3.05, 3.63) is 443 Å². The molecule has 14 aromatic heterocycles. The average Bonchev–Trinajstić information content (AvgIpc) is 1.39. The van der Waals surface area contributed by atoms with Crippen molar-refractivity contribution in [2.75, 3.05) is 0 Å². The summed E-state index contributed by atoms with van der Waals surface area (Å²) >= 11 is 9.16. The van der Waals surface area contributed by atoms with Crippen molar-refractivity contribution in [2.45, 2.75) is 0 Å². The van der Waals surface area contributed by atoms with Gasteiger partial charge < -0.3 is 13.7 Å². The number of para-hydroxylation sites is 7. The van der Waals surface area contributed by atoms with Gasteiger partial charge in [0.25, 0.3) is 0 Å². The molecule has 143 heavy (non-hydrogen) atoms. The van der Waals surface area contributed by atoms with Crippen LogP contribution in [0, 0.1) is 0 Å². The Balaban J connectivity index is 0.000000100. The van der Waals surface area contributed by atoms with Crippen LogP contribution in [-0.2, 0) is 0 Å². The third-order valence-corrected chi connectivity index (χ3v) is 34.3. The Morgan fingerprint density at radius 2 is 0.462 bits per heavy atom. The summed E-state index contributed by atoms with van der Waals surface area (Å²) in [7, 11) is 0. The maximum Gasteiger partial charge on any atom is 0.235 e. The van der Waals surface area contributed by atoms with Gasteiger partial charge in [0.1, 0.15) is 14.5 Å². The Labute approximate surface area is 835 Å². The monoisotopic (exact) mass is 1910 g/mol. The van der Waals surface area contributed by atoms with Gasteiger partial charge in [-0.15, -0.1) is 56.7 Å².